The first-order valence-electron chi connectivity index (χ1n) is 22.3. The van der Waals surface area contributed by atoms with Gasteiger partial charge in [-0.25, -0.2) is 34.4 Å². The zero-order valence-corrected chi connectivity index (χ0v) is 38.5. The quantitative estimate of drug-likeness (QED) is 0.141. The number of nitrogens with zero attached hydrogens (tertiary/aromatic N) is 13. The van der Waals surface area contributed by atoms with E-state index in [1.54, 1.807) is 70.8 Å². The summed E-state index contributed by atoms with van der Waals surface area (Å²) in [5.41, 5.74) is 6.74. The number of allylic oxidation sites excluding steroid dienone is 1. The van der Waals surface area contributed by atoms with Gasteiger partial charge in [-0.1, -0.05) is 36.8 Å². The van der Waals surface area contributed by atoms with Crippen molar-refractivity contribution in [2.45, 2.75) is 70.3 Å². The lowest BCUT2D eigenvalue weighted by molar-refractivity contribution is 0.0971. The van der Waals surface area contributed by atoms with Gasteiger partial charge in [-0.05, 0) is 134 Å². The summed E-state index contributed by atoms with van der Waals surface area (Å²) in [7, 11) is 0. The molecular formula is C51H49N13OS2. The summed E-state index contributed by atoms with van der Waals surface area (Å²) in [5, 5.41) is 18.0. The number of pyridine rings is 2. The molecule has 0 radical (unpaired) electrons. The number of aromatic nitrogens is 12. The maximum absolute atomic E-state index is 11.2. The molecule has 0 bridgehead atoms. The molecule has 0 saturated heterocycles. The second-order valence-corrected chi connectivity index (χ2v) is 17.4. The molecule has 14 rings (SSSR count). The van der Waals surface area contributed by atoms with Gasteiger partial charge in [-0.2, -0.15) is 5.10 Å². The van der Waals surface area contributed by atoms with Crippen LogP contribution in [0.1, 0.15) is 72.3 Å². The lowest BCUT2D eigenvalue weighted by Crippen LogP contribution is -2.11. The summed E-state index contributed by atoms with van der Waals surface area (Å²) in [6, 6.07) is 24.8. The van der Waals surface area contributed by atoms with E-state index in [-0.39, 0.29) is 5.78 Å². The number of ketones is 1. The normalized spacial score (nSPS) is 16.0. The van der Waals surface area contributed by atoms with E-state index in [0.717, 1.165) is 51.4 Å². The van der Waals surface area contributed by atoms with Crippen molar-refractivity contribution in [2.24, 2.45) is 10.9 Å². The molecule has 1 aromatic carbocycles. The first-order chi connectivity index (χ1) is 33.2. The number of hydrogen-bond acceptors (Lipinski definition) is 15. The van der Waals surface area contributed by atoms with Crippen molar-refractivity contribution in [1.29, 1.82) is 0 Å². The molecule has 336 valence electrons. The van der Waals surface area contributed by atoms with Crippen molar-refractivity contribution in [1.82, 2.24) is 59.7 Å². The lowest BCUT2D eigenvalue weighted by atomic mass is 9.95. The van der Waals surface area contributed by atoms with E-state index in [1.165, 1.54) is 72.6 Å². The van der Waals surface area contributed by atoms with Gasteiger partial charge >= 0.3 is 0 Å². The summed E-state index contributed by atoms with van der Waals surface area (Å²) in [6.45, 7) is 0. The maximum atomic E-state index is 11.2. The van der Waals surface area contributed by atoms with Crippen molar-refractivity contribution < 1.29 is 4.79 Å². The monoisotopic (exact) mass is 923 g/mol. The SMILES string of the molecule is C1=CC2CCCC2N=C1.O=C1CCCc2ncccc21.c1ccc2sccc2c1.c1cnc2c(c1)CCCC2.c1cnc2ncncc2n1.c1cnn2cnnc2c1.c1ncc2ccsc2n1. The third kappa shape index (κ3) is 13.6. The Morgan fingerprint density at radius 3 is 2.30 bits per heavy atom. The van der Waals surface area contributed by atoms with Gasteiger partial charge in [0.05, 0.1) is 17.9 Å². The fourth-order valence-electron chi connectivity index (χ4n) is 7.73. The zero-order chi connectivity index (χ0) is 45.7. The summed E-state index contributed by atoms with van der Waals surface area (Å²) < 4.78 is 2.98. The number of benzene rings is 1. The molecular weight excluding hydrogens is 875 g/mol. The van der Waals surface area contributed by atoms with Gasteiger partial charge in [0, 0.05) is 71.2 Å². The van der Waals surface area contributed by atoms with E-state index in [1.807, 2.05) is 60.4 Å². The third-order valence-corrected chi connectivity index (χ3v) is 12.8. The number of dihydropyridines is 1. The maximum Gasteiger partial charge on any atom is 0.181 e. The van der Waals surface area contributed by atoms with Gasteiger partial charge in [-0.15, -0.1) is 32.9 Å². The Bertz CT molecular complexity index is 2790. The van der Waals surface area contributed by atoms with Crippen molar-refractivity contribution in [3.8, 4) is 0 Å². The molecule has 2 atom stereocenters. The van der Waals surface area contributed by atoms with Crippen LogP contribution >= 0.6 is 22.7 Å². The summed E-state index contributed by atoms with van der Waals surface area (Å²) >= 11 is 3.42. The van der Waals surface area contributed by atoms with Crippen molar-refractivity contribution in [3.05, 3.63) is 181 Å². The molecule has 1 fully saturated rings. The number of aryl methyl sites for hydroxylation is 3. The number of thiophene rings is 2. The van der Waals surface area contributed by atoms with Gasteiger partial charge in [0.25, 0.3) is 0 Å². The van der Waals surface area contributed by atoms with Crippen LogP contribution in [0, 0.1) is 5.92 Å². The number of Topliss-reactive ketones (excluding diaryl/α,β-unsaturated/α-hetero) is 1. The van der Waals surface area contributed by atoms with Crippen LogP contribution in [0.5, 0.6) is 0 Å². The fraction of sp³-hybridized carbons (Fsp3) is 0.235. The van der Waals surface area contributed by atoms with E-state index in [4.69, 9.17) is 0 Å². The predicted molar refractivity (Wildman–Crippen MR) is 266 cm³/mol. The minimum Gasteiger partial charge on any atom is -0.294 e. The number of hydrogen-bond donors (Lipinski definition) is 0. The Morgan fingerprint density at radius 2 is 1.43 bits per heavy atom. The number of carbonyl (C=O) groups is 1. The van der Waals surface area contributed by atoms with Gasteiger partial charge in [-0.3, -0.25) is 19.8 Å². The molecule has 10 heterocycles. The summed E-state index contributed by atoms with van der Waals surface area (Å²) in [4.78, 5) is 48.7. The molecule has 1 saturated carbocycles. The Balaban J connectivity index is 0.000000106. The van der Waals surface area contributed by atoms with E-state index in [0.29, 0.717) is 18.1 Å². The van der Waals surface area contributed by atoms with Crippen molar-refractivity contribution in [2.75, 3.05) is 0 Å². The third-order valence-electron chi connectivity index (χ3n) is 11.1. The predicted octanol–water partition coefficient (Wildman–Crippen LogP) is 10.5. The smallest absolute Gasteiger partial charge is 0.181 e. The molecule has 3 aliphatic carbocycles. The second kappa shape index (κ2) is 24.7. The first kappa shape index (κ1) is 46.1. The fourth-order valence-corrected chi connectivity index (χ4v) is 9.23. The zero-order valence-electron chi connectivity index (χ0n) is 36.9. The van der Waals surface area contributed by atoms with Gasteiger partial charge in [0.15, 0.2) is 17.1 Å². The molecule has 4 aliphatic rings. The minimum atomic E-state index is 0.249. The highest BCUT2D eigenvalue weighted by Gasteiger charge is 2.24. The standard InChI is InChI=1S/C9H9NO.C9H11N.C8H11N.C8H6S.C6H4N4.C6H4N2S.C5H4N4/c11-9-5-1-4-8-7(9)3-2-6-10-8;1-2-6-9-8(4-1)5-3-7-10-9;1-3-7-4-2-6-9-8(7)5-1;1-2-4-8-7(3-1)5-6-9-8;1-2-9-6-5(8-1)3-7-4-10-6;1-2-9-6-5(1)3-7-4-8-6;1-2-5-8-6-4-9(5)7-3-1/h2-3,6H,1,4-5H2;3,5,7H,1-2,4,6H2;2,4,6-8H,1,3,5H2;1-6H;1-4H;2*1-4H. The average Bonchev–Trinajstić information content (AvgIpc) is 4.26. The van der Waals surface area contributed by atoms with Crippen LogP contribution in [0.15, 0.2) is 163 Å². The van der Waals surface area contributed by atoms with E-state index >= 15 is 0 Å². The van der Waals surface area contributed by atoms with Crippen LogP contribution in [-0.4, -0.2) is 77.7 Å². The van der Waals surface area contributed by atoms with E-state index < -0.39 is 0 Å². The highest BCUT2D eigenvalue weighted by Crippen LogP contribution is 2.30. The molecule has 67 heavy (non-hydrogen) atoms. The molecule has 0 N–H and O–H groups in total. The van der Waals surface area contributed by atoms with Gasteiger partial charge in [0.2, 0.25) is 0 Å². The Kier molecular flexibility index (Phi) is 17.0. The Labute approximate surface area is 396 Å². The lowest BCUT2D eigenvalue weighted by Gasteiger charge is -2.12. The molecule has 2 unspecified atom stereocenters. The number of fused-ring (bicyclic) bond motifs is 7. The highest BCUT2D eigenvalue weighted by atomic mass is 32.1. The van der Waals surface area contributed by atoms with E-state index in [9.17, 15) is 4.79 Å². The minimum absolute atomic E-state index is 0.249. The average molecular weight is 924 g/mol. The van der Waals surface area contributed by atoms with Crippen LogP contribution in [0.25, 0.3) is 37.1 Å². The summed E-state index contributed by atoms with van der Waals surface area (Å²) in [5.74, 6) is 1.04. The van der Waals surface area contributed by atoms with E-state index in [2.05, 4.69) is 114 Å². The molecule has 14 nitrogen and oxygen atoms in total. The largest absolute Gasteiger partial charge is 0.294 e. The summed E-state index contributed by atoms with van der Waals surface area (Å²) in [6.07, 6.45) is 34.7. The topological polar surface area (TPSA) is 176 Å². The van der Waals surface area contributed by atoms with Crippen LogP contribution in [-0.2, 0) is 19.3 Å². The molecule has 10 aromatic rings. The van der Waals surface area contributed by atoms with Gasteiger partial charge < -0.3 is 0 Å². The molecule has 9 aromatic heterocycles. The number of carbonyl (C=O) groups excluding carboxylic acids is 1. The van der Waals surface area contributed by atoms with Crippen LogP contribution in [0.2, 0.25) is 0 Å². The van der Waals surface area contributed by atoms with Crippen molar-refractivity contribution >= 4 is 71.8 Å². The molecule has 0 spiro atoms. The Hall–Kier alpha value is -7.43. The second-order valence-electron chi connectivity index (χ2n) is 15.5. The number of aliphatic imine (C=N–C) groups is 1. The molecule has 0 amide bonds. The van der Waals surface area contributed by atoms with Crippen LogP contribution in [0.4, 0.5) is 0 Å². The number of rotatable bonds is 0. The molecule has 1 aliphatic heterocycles. The van der Waals surface area contributed by atoms with Gasteiger partial charge in [0.1, 0.15) is 29.3 Å². The Morgan fingerprint density at radius 1 is 0.627 bits per heavy atom. The van der Waals surface area contributed by atoms with Crippen LogP contribution in [0.3, 0.4) is 0 Å². The first-order valence-corrected chi connectivity index (χ1v) is 24.1. The van der Waals surface area contributed by atoms with Crippen LogP contribution < -0.4 is 0 Å². The van der Waals surface area contributed by atoms with Crippen molar-refractivity contribution in [3.63, 3.8) is 0 Å². The highest BCUT2D eigenvalue weighted by molar-refractivity contribution is 7.17. The molecule has 16 heteroatoms.